The Balaban J connectivity index is 1.42. The molecule has 132 valence electrons. The summed E-state index contributed by atoms with van der Waals surface area (Å²) in [7, 11) is 0. The highest BCUT2D eigenvalue weighted by Crippen LogP contribution is 2.40. The van der Waals surface area contributed by atoms with Crippen LogP contribution in [-0.2, 0) is 6.42 Å². The first-order valence-corrected chi connectivity index (χ1v) is 8.90. The first-order chi connectivity index (χ1) is 12.1. The number of ether oxygens (including phenoxy) is 1. The topological polar surface area (TPSA) is 62.9 Å². The van der Waals surface area contributed by atoms with E-state index >= 15 is 0 Å². The van der Waals surface area contributed by atoms with Crippen molar-refractivity contribution in [3.05, 3.63) is 53.5 Å². The first-order valence-electron chi connectivity index (χ1n) is 8.90. The van der Waals surface area contributed by atoms with E-state index in [1.807, 2.05) is 6.07 Å². The molecule has 0 amide bonds. The molecule has 1 unspecified atom stereocenters. The van der Waals surface area contributed by atoms with E-state index in [1.54, 1.807) is 6.07 Å². The lowest BCUT2D eigenvalue weighted by Crippen LogP contribution is -2.50. The largest absolute Gasteiger partial charge is 0.487 e. The highest BCUT2D eigenvalue weighted by atomic mass is 16.5. The van der Waals surface area contributed by atoms with Crippen molar-refractivity contribution in [3.8, 4) is 5.75 Å². The predicted octanol–water partition coefficient (Wildman–Crippen LogP) is 3.90. The van der Waals surface area contributed by atoms with Crippen LogP contribution in [0.15, 0.2) is 40.8 Å². The van der Waals surface area contributed by atoms with Crippen molar-refractivity contribution >= 4 is 5.97 Å². The van der Waals surface area contributed by atoms with Crippen molar-refractivity contribution < 1.29 is 19.1 Å². The molecule has 2 aromatic rings. The zero-order valence-electron chi connectivity index (χ0n) is 14.4. The molecule has 1 aromatic carbocycles. The van der Waals surface area contributed by atoms with Crippen LogP contribution in [0.5, 0.6) is 5.75 Å². The number of carboxylic acids is 1. The molecule has 1 atom stereocenters. The Kier molecular flexibility index (Phi) is 4.04. The van der Waals surface area contributed by atoms with Gasteiger partial charge in [0.15, 0.2) is 0 Å². The number of hydrogen-bond acceptors (Lipinski definition) is 4. The SMILES string of the molecule is CC(c1ccc(C(=O)O)o1)N1CCC2(CCc3ccccc3O2)CC1. The molecular formula is C20H23NO4. The van der Waals surface area contributed by atoms with E-state index < -0.39 is 5.97 Å². The van der Waals surface area contributed by atoms with E-state index in [0.717, 1.165) is 44.5 Å². The maximum absolute atomic E-state index is 11.0. The molecule has 25 heavy (non-hydrogen) atoms. The molecule has 0 bridgehead atoms. The lowest BCUT2D eigenvalue weighted by atomic mass is 9.82. The summed E-state index contributed by atoms with van der Waals surface area (Å²) in [5.74, 6) is 0.725. The monoisotopic (exact) mass is 341 g/mol. The number of nitrogens with zero attached hydrogens (tertiary/aromatic N) is 1. The maximum Gasteiger partial charge on any atom is 0.371 e. The summed E-state index contributed by atoms with van der Waals surface area (Å²) < 4.78 is 11.9. The molecule has 1 N–H and O–H groups in total. The number of benzene rings is 1. The number of carboxylic acid groups (broad SMARTS) is 1. The second-order valence-electron chi connectivity index (χ2n) is 7.11. The molecular weight excluding hydrogens is 318 g/mol. The van der Waals surface area contributed by atoms with Crippen LogP contribution in [0.1, 0.15) is 54.1 Å². The summed E-state index contributed by atoms with van der Waals surface area (Å²) >= 11 is 0. The number of aryl methyl sites for hydroxylation is 1. The van der Waals surface area contributed by atoms with E-state index in [1.165, 1.54) is 11.6 Å². The zero-order valence-corrected chi connectivity index (χ0v) is 14.4. The highest BCUT2D eigenvalue weighted by molar-refractivity contribution is 5.84. The van der Waals surface area contributed by atoms with Gasteiger partial charge in [0.05, 0.1) is 6.04 Å². The van der Waals surface area contributed by atoms with Crippen LogP contribution in [0.2, 0.25) is 0 Å². The van der Waals surface area contributed by atoms with Gasteiger partial charge in [-0.25, -0.2) is 4.79 Å². The van der Waals surface area contributed by atoms with E-state index in [-0.39, 0.29) is 17.4 Å². The van der Waals surface area contributed by atoms with Crippen LogP contribution < -0.4 is 4.74 Å². The van der Waals surface area contributed by atoms with Crippen molar-refractivity contribution in [2.45, 2.75) is 44.2 Å². The third kappa shape index (κ3) is 3.04. The van der Waals surface area contributed by atoms with Gasteiger partial charge in [-0.05, 0) is 56.4 Å². The second-order valence-corrected chi connectivity index (χ2v) is 7.11. The minimum atomic E-state index is -1.02. The molecule has 1 saturated heterocycles. The third-order valence-electron chi connectivity index (χ3n) is 5.66. The molecule has 3 heterocycles. The summed E-state index contributed by atoms with van der Waals surface area (Å²) in [6.45, 7) is 3.92. The maximum atomic E-state index is 11.0. The van der Waals surface area contributed by atoms with Gasteiger partial charge in [-0.15, -0.1) is 0 Å². The summed E-state index contributed by atoms with van der Waals surface area (Å²) in [5.41, 5.74) is 1.25. The standard InChI is InChI=1S/C20H23NO4/c1-14(16-6-7-18(24-16)19(22)23)21-12-10-20(11-13-21)9-8-15-4-2-3-5-17(15)25-20/h2-7,14H,8-13H2,1H3,(H,22,23). The molecule has 4 rings (SSSR count). The number of rotatable bonds is 3. The van der Waals surface area contributed by atoms with Gasteiger partial charge >= 0.3 is 5.97 Å². The normalized spacial score (nSPS) is 20.7. The molecule has 5 heteroatoms. The lowest BCUT2D eigenvalue weighted by Gasteiger charge is -2.45. The van der Waals surface area contributed by atoms with Crippen molar-refractivity contribution in [1.29, 1.82) is 0 Å². The number of para-hydroxylation sites is 1. The molecule has 1 fully saturated rings. The Hall–Kier alpha value is -2.27. The Bertz CT molecular complexity index is 774. The predicted molar refractivity (Wildman–Crippen MR) is 93.0 cm³/mol. The minimum absolute atomic E-state index is 0.00236. The molecule has 1 aromatic heterocycles. The van der Waals surface area contributed by atoms with Crippen molar-refractivity contribution in [2.75, 3.05) is 13.1 Å². The quantitative estimate of drug-likeness (QED) is 0.917. The molecule has 0 saturated carbocycles. The Morgan fingerprint density at radius 3 is 2.64 bits per heavy atom. The van der Waals surface area contributed by atoms with Crippen LogP contribution in [0.3, 0.4) is 0 Å². The van der Waals surface area contributed by atoms with Crippen molar-refractivity contribution in [2.24, 2.45) is 0 Å². The van der Waals surface area contributed by atoms with E-state index in [4.69, 9.17) is 14.3 Å². The minimum Gasteiger partial charge on any atom is -0.487 e. The fraction of sp³-hybridized carbons (Fsp3) is 0.450. The summed E-state index contributed by atoms with van der Waals surface area (Å²) in [4.78, 5) is 13.3. The van der Waals surface area contributed by atoms with Crippen LogP contribution in [0.25, 0.3) is 0 Å². The van der Waals surface area contributed by atoms with E-state index in [2.05, 4.69) is 30.0 Å². The second kappa shape index (κ2) is 6.23. The smallest absolute Gasteiger partial charge is 0.371 e. The molecule has 2 aliphatic rings. The molecule has 0 aliphatic carbocycles. The first kappa shape index (κ1) is 16.2. The highest BCUT2D eigenvalue weighted by Gasteiger charge is 2.40. The number of carbonyl (C=O) groups is 1. The van der Waals surface area contributed by atoms with Gasteiger partial charge in [0, 0.05) is 13.1 Å². The number of aromatic carboxylic acids is 1. The lowest BCUT2D eigenvalue weighted by molar-refractivity contribution is -0.0252. The molecule has 0 radical (unpaired) electrons. The van der Waals surface area contributed by atoms with Gasteiger partial charge in [-0.2, -0.15) is 0 Å². The molecule has 2 aliphatic heterocycles. The number of hydrogen-bond donors (Lipinski definition) is 1. The van der Waals surface area contributed by atoms with Gasteiger partial charge in [-0.1, -0.05) is 18.2 Å². The van der Waals surface area contributed by atoms with Crippen LogP contribution in [0.4, 0.5) is 0 Å². The van der Waals surface area contributed by atoms with Gasteiger partial charge in [0.2, 0.25) is 5.76 Å². The number of furan rings is 1. The Labute approximate surface area is 147 Å². The fourth-order valence-electron chi connectivity index (χ4n) is 4.00. The van der Waals surface area contributed by atoms with Crippen LogP contribution in [-0.4, -0.2) is 34.7 Å². The number of fused-ring (bicyclic) bond motifs is 1. The summed E-state index contributed by atoms with van der Waals surface area (Å²) in [5, 5.41) is 9.01. The van der Waals surface area contributed by atoms with Gasteiger partial charge in [-0.3, -0.25) is 4.90 Å². The molecule has 1 spiro atoms. The van der Waals surface area contributed by atoms with Gasteiger partial charge < -0.3 is 14.3 Å². The van der Waals surface area contributed by atoms with Crippen LogP contribution >= 0.6 is 0 Å². The average Bonchev–Trinajstić information content (AvgIpc) is 3.12. The summed E-state index contributed by atoms with van der Waals surface area (Å²) in [6, 6.07) is 11.7. The Morgan fingerprint density at radius 2 is 1.92 bits per heavy atom. The number of piperidine rings is 1. The van der Waals surface area contributed by atoms with Gasteiger partial charge in [0.1, 0.15) is 17.1 Å². The van der Waals surface area contributed by atoms with E-state index in [9.17, 15) is 4.79 Å². The zero-order chi connectivity index (χ0) is 17.4. The number of likely N-dealkylation sites (tertiary alicyclic amines) is 1. The van der Waals surface area contributed by atoms with Crippen molar-refractivity contribution in [1.82, 2.24) is 4.90 Å². The summed E-state index contributed by atoms with van der Waals surface area (Å²) in [6.07, 6.45) is 4.11. The Morgan fingerprint density at radius 1 is 1.16 bits per heavy atom. The van der Waals surface area contributed by atoms with Crippen LogP contribution in [0, 0.1) is 0 Å². The third-order valence-corrected chi connectivity index (χ3v) is 5.66. The van der Waals surface area contributed by atoms with Gasteiger partial charge in [0.25, 0.3) is 0 Å². The fourth-order valence-corrected chi connectivity index (χ4v) is 4.00. The average molecular weight is 341 g/mol. The van der Waals surface area contributed by atoms with Crippen molar-refractivity contribution in [3.63, 3.8) is 0 Å². The van der Waals surface area contributed by atoms with E-state index in [0.29, 0.717) is 5.76 Å². The molecule has 5 nitrogen and oxygen atoms in total.